The van der Waals surface area contributed by atoms with Gasteiger partial charge in [0.2, 0.25) is 0 Å². The molecule has 2 saturated carbocycles. The standard InChI is InChI=1S/C24H31FN6O4S/c1-3-8-36-24-27-22(26-16-10-14(16)13-5-4-12(2)15(25)9-13)19-23(28-24)31(30-29-19)17-11-18(35-7-6-32)21(34)20(17)33/h4-5,9,14,16-18,20-21,32-34H,3,6-8,10-11H2,1-2H3,(H,26,27,28)/t14-,16+,17+,18-,20-,21+/m0/s1/i4D,5D,7D2,8D2,9D,11D2,17D,18D,20D,21D. The fourth-order valence-electron chi connectivity index (χ4n) is 3.50. The summed E-state index contributed by atoms with van der Waals surface area (Å²) in [6.07, 6.45) is -16.0. The van der Waals surface area contributed by atoms with Crippen LogP contribution in [0, 0.1) is 12.7 Å². The van der Waals surface area contributed by atoms with E-state index in [4.69, 9.17) is 22.6 Å². The van der Waals surface area contributed by atoms with Crippen molar-refractivity contribution in [1.82, 2.24) is 25.0 Å². The van der Waals surface area contributed by atoms with Gasteiger partial charge in [-0.15, -0.1) is 5.10 Å². The predicted octanol–water partition coefficient (Wildman–Crippen LogP) is 2.18. The summed E-state index contributed by atoms with van der Waals surface area (Å²) >= 11 is 0.472. The molecule has 0 spiro atoms. The van der Waals surface area contributed by atoms with Gasteiger partial charge in [-0.05, 0) is 36.9 Å². The van der Waals surface area contributed by atoms with Crippen molar-refractivity contribution in [3.63, 3.8) is 0 Å². The molecular weight excluding hydrogens is 487 g/mol. The quantitative estimate of drug-likeness (QED) is 0.227. The number of aliphatic hydroxyl groups excluding tert-OH is 1. The molecular formula is C24H31FN6O4S. The van der Waals surface area contributed by atoms with Gasteiger partial charge < -0.3 is 25.4 Å². The van der Waals surface area contributed by atoms with Crippen LogP contribution in [0.3, 0.4) is 0 Å². The summed E-state index contributed by atoms with van der Waals surface area (Å²) in [5.41, 5.74) is -3.28. The predicted molar refractivity (Wildman–Crippen MR) is 133 cm³/mol. The van der Waals surface area contributed by atoms with Crippen LogP contribution in [0.5, 0.6) is 0 Å². The zero-order chi connectivity index (χ0) is 37.1. The zero-order valence-corrected chi connectivity index (χ0v) is 19.9. The zero-order valence-electron chi connectivity index (χ0n) is 32.0. The van der Waals surface area contributed by atoms with Gasteiger partial charge in [-0.2, -0.15) is 0 Å². The normalized spacial score (nSPS) is 43.2. The first kappa shape index (κ1) is 14.0. The number of benzene rings is 1. The number of aromatic nitrogens is 5. The lowest BCUT2D eigenvalue weighted by atomic mass is 10.1. The fourth-order valence-corrected chi connectivity index (χ4v) is 4.04. The maximum Gasteiger partial charge on any atom is 0.191 e. The summed E-state index contributed by atoms with van der Waals surface area (Å²) in [6, 6.07) is -5.78. The molecule has 5 rings (SSSR count). The number of hydrogen-bond donors (Lipinski definition) is 4. The van der Waals surface area contributed by atoms with Gasteiger partial charge in [0.05, 0.1) is 37.6 Å². The van der Waals surface area contributed by atoms with Crippen molar-refractivity contribution in [3.05, 3.63) is 35.1 Å². The second-order valence-electron chi connectivity index (χ2n) is 7.85. The number of thioether (sulfide) groups is 1. The maximum absolute atomic E-state index is 14.7. The molecule has 2 aromatic heterocycles. The smallest absolute Gasteiger partial charge is 0.191 e. The summed E-state index contributed by atoms with van der Waals surface area (Å²) in [7, 11) is 0. The fraction of sp³-hybridized carbons (Fsp3) is 0.583. The average Bonchev–Trinajstić information content (AvgIpc) is 3.60. The number of nitrogens with zero attached hydrogens (tertiary/aromatic N) is 5. The van der Waals surface area contributed by atoms with Crippen LogP contribution in [0.25, 0.3) is 11.2 Å². The van der Waals surface area contributed by atoms with Crippen LogP contribution in [0.1, 0.15) is 67.0 Å². The molecule has 2 fully saturated rings. The first-order valence-corrected chi connectivity index (χ1v) is 11.7. The third-order valence-electron chi connectivity index (χ3n) is 5.38. The average molecular weight is 532 g/mol. The summed E-state index contributed by atoms with van der Waals surface area (Å²) < 4.78 is 128. The van der Waals surface area contributed by atoms with Crippen molar-refractivity contribution in [2.24, 2.45) is 0 Å². The molecule has 0 amide bonds. The summed E-state index contributed by atoms with van der Waals surface area (Å²) in [4.78, 5) is 8.42. The molecule has 10 nitrogen and oxygen atoms in total. The van der Waals surface area contributed by atoms with E-state index in [9.17, 15) is 19.7 Å². The summed E-state index contributed by atoms with van der Waals surface area (Å²) in [6.45, 7) is -2.03. The molecule has 194 valence electrons. The molecule has 4 N–H and O–H groups in total. The van der Waals surface area contributed by atoms with Gasteiger partial charge in [0.15, 0.2) is 22.1 Å². The lowest BCUT2D eigenvalue weighted by Gasteiger charge is -2.17. The molecule has 2 aliphatic rings. The van der Waals surface area contributed by atoms with Gasteiger partial charge in [-0.25, -0.2) is 19.0 Å². The van der Waals surface area contributed by atoms with Gasteiger partial charge >= 0.3 is 0 Å². The Labute approximate surface area is 230 Å². The second-order valence-corrected chi connectivity index (χ2v) is 8.71. The molecule has 0 bridgehead atoms. The largest absolute Gasteiger partial charge is 0.394 e. The van der Waals surface area contributed by atoms with E-state index < -0.39 is 85.0 Å². The van der Waals surface area contributed by atoms with Crippen LogP contribution in [0.15, 0.2) is 23.3 Å². The lowest BCUT2D eigenvalue weighted by molar-refractivity contribution is -0.0629. The summed E-state index contributed by atoms with van der Waals surface area (Å²) in [5, 5.41) is 41.7. The summed E-state index contributed by atoms with van der Waals surface area (Å²) in [5.74, 6) is -1.88. The van der Waals surface area contributed by atoms with Gasteiger partial charge in [0, 0.05) is 29.5 Å². The minimum absolute atomic E-state index is 0.0516. The lowest BCUT2D eigenvalue weighted by Crippen LogP contribution is -2.33. The number of aliphatic hydroxyl groups is 3. The van der Waals surface area contributed by atoms with E-state index >= 15 is 0 Å². The molecule has 3 aromatic rings. The highest BCUT2D eigenvalue weighted by molar-refractivity contribution is 7.99. The monoisotopic (exact) mass is 531 g/mol. The van der Waals surface area contributed by atoms with Gasteiger partial charge in [0.1, 0.15) is 18.0 Å². The van der Waals surface area contributed by atoms with Crippen molar-refractivity contribution in [1.29, 1.82) is 0 Å². The van der Waals surface area contributed by atoms with Crippen LogP contribution in [-0.4, -0.2) is 83.4 Å². The van der Waals surface area contributed by atoms with Gasteiger partial charge in [-0.3, -0.25) is 0 Å². The Morgan fingerprint density at radius 2 is 2.22 bits per heavy atom. The highest BCUT2D eigenvalue weighted by Crippen LogP contribution is 2.44. The Morgan fingerprint density at radius 1 is 1.39 bits per heavy atom. The molecule has 0 radical (unpaired) electrons. The Kier molecular flexibility index (Phi) is 4.09. The van der Waals surface area contributed by atoms with Crippen LogP contribution in [-0.2, 0) is 4.74 Å². The molecule has 12 heteroatoms. The van der Waals surface area contributed by atoms with Crippen molar-refractivity contribution < 1.29 is 42.3 Å². The number of nitrogens with one attached hydrogen (secondary N) is 1. The van der Waals surface area contributed by atoms with Crippen molar-refractivity contribution in [2.45, 2.75) is 74.4 Å². The highest BCUT2D eigenvalue weighted by atomic mass is 32.2. The third-order valence-corrected chi connectivity index (χ3v) is 6.17. The number of rotatable bonds is 10. The van der Waals surface area contributed by atoms with E-state index in [1.54, 1.807) is 0 Å². The van der Waals surface area contributed by atoms with Gasteiger partial charge in [-0.1, -0.05) is 36.0 Å². The SMILES string of the molecule is [2H]c1c([2H])c([C@@H]2C[C@H]2Nc2nc(SC([2H])([2H])CC)nc3c2nnn3[C@]2([2H])C([2H])([2H])[C@]([2H])(OC([2H])([2H])CO)[C@@]([2H])(O)[C@@]2([2H])O)c([2H])c(F)c1C. The minimum Gasteiger partial charge on any atom is -0.394 e. The van der Waals surface area contributed by atoms with Gasteiger partial charge in [0.25, 0.3) is 0 Å². The number of ether oxygens (including phenoxy) is 1. The molecule has 1 aromatic carbocycles. The Hall–Kier alpha value is -2.38. The first-order valence-electron chi connectivity index (χ1n) is 17.4. The van der Waals surface area contributed by atoms with E-state index in [1.165, 1.54) is 13.8 Å². The molecule has 2 heterocycles. The molecule has 0 aliphatic heterocycles. The van der Waals surface area contributed by atoms with E-state index in [1.807, 2.05) is 0 Å². The number of anilines is 1. The van der Waals surface area contributed by atoms with Crippen LogP contribution >= 0.6 is 11.8 Å². The maximum atomic E-state index is 14.7. The van der Waals surface area contributed by atoms with E-state index in [2.05, 4.69) is 25.6 Å². The molecule has 36 heavy (non-hydrogen) atoms. The third kappa shape index (κ3) is 4.92. The molecule has 0 saturated heterocycles. The Balaban J connectivity index is 1.67. The molecule has 2 aliphatic carbocycles. The van der Waals surface area contributed by atoms with Crippen molar-refractivity contribution >= 4 is 28.7 Å². The topological polar surface area (TPSA) is 138 Å². The van der Waals surface area contributed by atoms with Crippen LogP contribution < -0.4 is 5.32 Å². The van der Waals surface area contributed by atoms with Crippen LogP contribution in [0.4, 0.5) is 10.2 Å². The van der Waals surface area contributed by atoms with Crippen LogP contribution in [0.2, 0.25) is 0 Å². The number of hydrogen-bond acceptors (Lipinski definition) is 10. The molecule has 0 unspecified atom stereocenters. The highest BCUT2D eigenvalue weighted by Gasteiger charge is 2.45. The van der Waals surface area contributed by atoms with Crippen molar-refractivity contribution in [3.8, 4) is 0 Å². The van der Waals surface area contributed by atoms with Crippen molar-refractivity contribution in [2.75, 3.05) is 24.2 Å². The Bertz CT molecular complexity index is 1810. The number of halogens is 1. The van der Waals surface area contributed by atoms with E-state index in [0.29, 0.717) is 11.8 Å². The second kappa shape index (κ2) is 10.5. The Morgan fingerprint density at radius 3 is 3.00 bits per heavy atom. The minimum atomic E-state index is -4.15. The van der Waals surface area contributed by atoms with E-state index in [0.717, 1.165) is 0 Å². The first-order chi connectivity index (χ1) is 22.3. The number of fused-ring (bicyclic) bond motifs is 1. The molecule has 6 atom stereocenters. The van der Waals surface area contributed by atoms with E-state index in [-0.39, 0.29) is 51.2 Å².